The van der Waals surface area contributed by atoms with Crippen LogP contribution < -0.4 is 5.56 Å². The average molecular weight is 343 g/mol. The molecule has 2 fully saturated rings. The summed E-state index contributed by atoms with van der Waals surface area (Å²) in [6.07, 6.45) is 8.30. The highest BCUT2D eigenvalue weighted by Gasteiger charge is 2.35. The molecule has 2 atom stereocenters. The van der Waals surface area contributed by atoms with E-state index < -0.39 is 5.82 Å². The van der Waals surface area contributed by atoms with Crippen molar-refractivity contribution in [3.05, 3.63) is 40.7 Å². The molecule has 0 spiro atoms. The van der Waals surface area contributed by atoms with Crippen LogP contribution in [0.15, 0.2) is 29.3 Å². The van der Waals surface area contributed by atoms with Gasteiger partial charge in [-0.15, -0.1) is 0 Å². The lowest BCUT2D eigenvalue weighted by Gasteiger charge is -2.44. The Kier molecular flexibility index (Phi) is 4.27. The second-order valence-corrected chi connectivity index (χ2v) is 7.18. The van der Waals surface area contributed by atoms with Crippen molar-refractivity contribution in [1.29, 1.82) is 0 Å². The first kappa shape index (κ1) is 16.2. The molecule has 0 radical (unpaired) electrons. The number of piperidine rings is 1. The van der Waals surface area contributed by atoms with Crippen LogP contribution in [0.4, 0.5) is 4.39 Å². The molecular formula is C19H22FN3O2. The van der Waals surface area contributed by atoms with Gasteiger partial charge < -0.3 is 4.90 Å². The molecule has 2 aromatic rings. The van der Waals surface area contributed by atoms with E-state index >= 15 is 0 Å². The third kappa shape index (κ3) is 3.05. The monoisotopic (exact) mass is 343 g/mol. The highest BCUT2D eigenvalue weighted by atomic mass is 19.1. The van der Waals surface area contributed by atoms with E-state index in [-0.39, 0.29) is 18.0 Å². The highest BCUT2D eigenvalue weighted by molar-refractivity contribution is 5.79. The van der Waals surface area contributed by atoms with Crippen LogP contribution in [-0.4, -0.2) is 32.9 Å². The number of benzene rings is 1. The summed E-state index contributed by atoms with van der Waals surface area (Å²) in [5.74, 6) is 0.174. The lowest BCUT2D eigenvalue weighted by molar-refractivity contribution is -0.138. The predicted octanol–water partition coefficient (Wildman–Crippen LogP) is 2.72. The first-order chi connectivity index (χ1) is 12.1. The standard InChI is InChI=1S/C19H22FN3O2/c20-14-7-8-15-16(10-14)21-12-22(19(15)25)11-18(24)23-9-3-5-13-4-1-2-6-17(13)23/h7-8,10,12-13,17H,1-6,9,11H2. The number of likely N-dealkylation sites (tertiary alicyclic amines) is 1. The molecule has 25 heavy (non-hydrogen) atoms. The fourth-order valence-electron chi connectivity index (χ4n) is 4.42. The van der Waals surface area contributed by atoms with Gasteiger partial charge in [0, 0.05) is 18.7 Å². The molecule has 6 heteroatoms. The Morgan fingerprint density at radius 3 is 2.88 bits per heavy atom. The first-order valence-electron chi connectivity index (χ1n) is 9.07. The number of amides is 1. The van der Waals surface area contributed by atoms with Crippen molar-refractivity contribution in [1.82, 2.24) is 14.5 Å². The van der Waals surface area contributed by atoms with Gasteiger partial charge in [-0.3, -0.25) is 14.2 Å². The van der Waals surface area contributed by atoms with Crippen LogP contribution in [-0.2, 0) is 11.3 Å². The maximum absolute atomic E-state index is 13.3. The van der Waals surface area contributed by atoms with Crippen molar-refractivity contribution in [2.45, 2.75) is 51.1 Å². The zero-order valence-corrected chi connectivity index (χ0v) is 14.2. The lowest BCUT2D eigenvalue weighted by atomic mass is 9.78. The molecule has 0 bridgehead atoms. The van der Waals surface area contributed by atoms with Crippen molar-refractivity contribution in [3.63, 3.8) is 0 Å². The second-order valence-electron chi connectivity index (χ2n) is 7.18. The van der Waals surface area contributed by atoms with Gasteiger partial charge >= 0.3 is 0 Å². The van der Waals surface area contributed by atoms with E-state index in [9.17, 15) is 14.0 Å². The fraction of sp³-hybridized carbons (Fsp3) is 0.526. The summed E-state index contributed by atoms with van der Waals surface area (Å²) in [7, 11) is 0. The molecule has 1 saturated carbocycles. The van der Waals surface area contributed by atoms with E-state index in [0.29, 0.717) is 22.9 Å². The van der Waals surface area contributed by atoms with Gasteiger partial charge in [-0.25, -0.2) is 9.37 Å². The van der Waals surface area contributed by atoms with Crippen LogP contribution in [0, 0.1) is 11.7 Å². The minimum atomic E-state index is -0.426. The number of hydrogen-bond acceptors (Lipinski definition) is 3. The molecule has 1 aromatic heterocycles. The molecule has 2 unspecified atom stereocenters. The molecule has 5 nitrogen and oxygen atoms in total. The Morgan fingerprint density at radius 2 is 2.00 bits per heavy atom. The maximum Gasteiger partial charge on any atom is 0.261 e. The summed E-state index contributed by atoms with van der Waals surface area (Å²) in [4.78, 5) is 31.5. The van der Waals surface area contributed by atoms with Crippen LogP contribution in [0.25, 0.3) is 10.9 Å². The van der Waals surface area contributed by atoms with Gasteiger partial charge in [-0.2, -0.15) is 0 Å². The Balaban J connectivity index is 1.58. The van der Waals surface area contributed by atoms with E-state index in [1.54, 1.807) is 0 Å². The molecule has 4 rings (SSSR count). The Morgan fingerprint density at radius 1 is 1.20 bits per heavy atom. The molecule has 1 saturated heterocycles. The van der Waals surface area contributed by atoms with Crippen LogP contribution in [0.1, 0.15) is 38.5 Å². The molecule has 1 amide bonds. The highest BCUT2D eigenvalue weighted by Crippen LogP contribution is 2.35. The van der Waals surface area contributed by atoms with Crippen molar-refractivity contribution >= 4 is 16.8 Å². The second kappa shape index (κ2) is 6.58. The number of carbonyl (C=O) groups is 1. The number of fused-ring (bicyclic) bond motifs is 2. The van der Waals surface area contributed by atoms with E-state index in [0.717, 1.165) is 19.4 Å². The van der Waals surface area contributed by atoms with Crippen LogP contribution in [0.5, 0.6) is 0 Å². The number of rotatable bonds is 2. The number of aromatic nitrogens is 2. The summed E-state index contributed by atoms with van der Waals surface area (Å²) in [5, 5.41) is 0.339. The molecule has 1 aliphatic carbocycles. The minimum Gasteiger partial charge on any atom is -0.338 e. The summed E-state index contributed by atoms with van der Waals surface area (Å²) >= 11 is 0. The molecule has 0 N–H and O–H groups in total. The van der Waals surface area contributed by atoms with E-state index in [1.807, 2.05) is 4.90 Å². The zero-order chi connectivity index (χ0) is 17.4. The summed E-state index contributed by atoms with van der Waals surface area (Å²) in [5.41, 5.74) is 0.0227. The summed E-state index contributed by atoms with van der Waals surface area (Å²) < 4.78 is 14.6. The Bertz CT molecular complexity index is 861. The SMILES string of the molecule is O=C(Cn1cnc2cc(F)ccc2c1=O)N1CCCC2CCCCC21. The zero-order valence-electron chi connectivity index (χ0n) is 14.2. The summed E-state index contributed by atoms with van der Waals surface area (Å²) in [6.45, 7) is 0.781. The van der Waals surface area contributed by atoms with Crippen LogP contribution in [0.3, 0.4) is 0 Å². The number of nitrogens with zero attached hydrogens (tertiary/aromatic N) is 3. The molecule has 2 heterocycles. The largest absolute Gasteiger partial charge is 0.338 e. The number of carbonyl (C=O) groups excluding carboxylic acids is 1. The molecule has 2 aliphatic rings. The van der Waals surface area contributed by atoms with Gasteiger partial charge in [0.1, 0.15) is 12.4 Å². The quantitative estimate of drug-likeness (QED) is 0.842. The van der Waals surface area contributed by atoms with Gasteiger partial charge in [0.05, 0.1) is 17.2 Å². The molecular weight excluding hydrogens is 321 g/mol. The van der Waals surface area contributed by atoms with Gasteiger partial charge in [-0.1, -0.05) is 12.8 Å². The molecule has 1 aromatic carbocycles. The third-order valence-corrected chi connectivity index (χ3v) is 5.66. The lowest BCUT2D eigenvalue weighted by Crippen LogP contribution is -2.51. The van der Waals surface area contributed by atoms with Crippen molar-refractivity contribution in [3.8, 4) is 0 Å². The summed E-state index contributed by atoms with van der Waals surface area (Å²) in [6, 6.07) is 4.24. The van der Waals surface area contributed by atoms with Crippen molar-refractivity contribution in [2.75, 3.05) is 6.54 Å². The Labute approximate surface area is 145 Å². The van der Waals surface area contributed by atoms with Gasteiger partial charge in [0.2, 0.25) is 5.91 Å². The third-order valence-electron chi connectivity index (χ3n) is 5.66. The average Bonchev–Trinajstić information content (AvgIpc) is 2.63. The maximum atomic E-state index is 13.3. The number of halogens is 1. The van der Waals surface area contributed by atoms with E-state index in [1.165, 1.54) is 54.8 Å². The van der Waals surface area contributed by atoms with Crippen molar-refractivity contribution in [2.24, 2.45) is 5.92 Å². The smallest absolute Gasteiger partial charge is 0.261 e. The van der Waals surface area contributed by atoms with Crippen molar-refractivity contribution < 1.29 is 9.18 Å². The first-order valence-corrected chi connectivity index (χ1v) is 9.07. The van der Waals surface area contributed by atoms with E-state index in [4.69, 9.17) is 0 Å². The van der Waals surface area contributed by atoms with Crippen LogP contribution in [0.2, 0.25) is 0 Å². The normalized spacial score (nSPS) is 23.5. The number of hydrogen-bond donors (Lipinski definition) is 0. The minimum absolute atomic E-state index is 0.00235. The van der Waals surface area contributed by atoms with Gasteiger partial charge in [0.15, 0.2) is 0 Å². The topological polar surface area (TPSA) is 55.2 Å². The van der Waals surface area contributed by atoms with Crippen LogP contribution >= 0.6 is 0 Å². The fourth-order valence-corrected chi connectivity index (χ4v) is 4.42. The molecule has 132 valence electrons. The van der Waals surface area contributed by atoms with Gasteiger partial charge in [0.25, 0.3) is 5.56 Å². The molecule has 1 aliphatic heterocycles. The predicted molar refractivity (Wildman–Crippen MR) is 92.7 cm³/mol. The Hall–Kier alpha value is -2.24. The van der Waals surface area contributed by atoms with Gasteiger partial charge in [-0.05, 0) is 43.7 Å². The van der Waals surface area contributed by atoms with E-state index in [2.05, 4.69) is 4.98 Å².